The number of nitrogens with one attached hydrogen (secondary N) is 1. The molecule has 0 saturated carbocycles. The van der Waals surface area contributed by atoms with E-state index in [0.29, 0.717) is 25.9 Å². The molecule has 1 aromatic heterocycles. The summed E-state index contributed by atoms with van der Waals surface area (Å²) < 4.78 is 28.3. The molecule has 0 bridgehead atoms. The molecule has 0 aliphatic carbocycles. The van der Waals surface area contributed by atoms with E-state index in [1.54, 1.807) is 11.1 Å². The van der Waals surface area contributed by atoms with Crippen LogP contribution in [0.3, 0.4) is 0 Å². The maximum Gasteiger partial charge on any atom is 0.270 e. The van der Waals surface area contributed by atoms with E-state index in [1.165, 1.54) is 27.8 Å². The summed E-state index contributed by atoms with van der Waals surface area (Å²) in [6.07, 6.45) is 2.68. The molecule has 1 N–H and O–H groups in total. The number of carbonyl (C=O) groups is 1. The minimum Gasteiger partial charge on any atom is -0.343 e. The van der Waals surface area contributed by atoms with Gasteiger partial charge in [0.15, 0.2) is 0 Å². The van der Waals surface area contributed by atoms with Crippen molar-refractivity contribution in [3.8, 4) is 0 Å². The van der Waals surface area contributed by atoms with Crippen molar-refractivity contribution in [2.45, 2.75) is 31.6 Å². The number of nitrogens with zero attached hydrogens (tertiary/aromatic N) is 4. The number of hydrogen-bond acceptors (Lipinski definition) is 8. The zero-order valence-corrected chi connectivity index (χ0v) is 20.1. The molecule has 1 atom stereocenters. The Hall–Kier alpha value is -2.83. The molecule has 12 heteroatoms. The third-order valence-corrected chi connectivity index (χ3v) is 8.23. The Balaban J connectivity index is 1.90. The second-order valence-electron chi connectivity index (χ2n) is 7.54. The minimum absolute atomic E-state index is 0.0399. The largest absolute Gasteiger partial charge is 0.343 e. The molecule has 1 amide bonds. The van der Waals surface area contributed by atoms with E-state index in [1.807, 2.05) is 31.4 Å². The van der Waals surface area contributed by atoms with Gasteiger partial charge in [0.1, 0.15) is 4.90 Å². The molecule has 1 aliphatic heterocycles. The predicted octanol–water partition coefficient (Wildman–Crippen LogP) is 3.37. The van der Waals surface area contributed by atoms with E-state index < -0.39 is 20.9 Å². The second-order valence-corrected chi connectivity index (χ2v) is 10.4. The van der Waals surface area contributed by atoms with Crippen molar-refractivity contribution in [3.63, 3.8) is 0 Å². The Kier molecular flexibility index (Phi) is 8.16. The molecule has 2 aromatic rings. The number of anilines is 1. The zero-order chi connectivity index (χ0) is 24.0. The van der Waals surface area contributed by atoms with Gasteiger partial charge in [0, 0.05) is 43.2 Å². The summed E-state index contributed by atoms with van der Waals surface area (Å²) in [6.45, 7) is 5.16. The van der Waals surface area contributed by atoms with Gasteiger partial charge in [-0.15, -0.1) is 11.3 Å². The van der Waals surface area contributed by atoms with Gasteiger partial charge in [0.05, 0.1) is 22.7 Å². The third-order valence-electron chi connectivity index (χ3n) is 5.52. The number of nitro groups is 1. The lowest BCUT2D eigenvalue weighted by molar-refractivity contribution is -0.385. The molecule has 178 valence electrons. The van der Waals surface area contributed by atoms with Gasteiger partial charge >= 0.3 is 0 Å². The van der Waals surface area contributed by atoms with Crippen LogP contribution in [0.5, 0.6) is 0 Å². The Labute approximate surface area is 197 Å². The first-order valence-electron chi connectivity index (χ1n) is 10.7. The Morgan fingerprint density at radius 1 is 1.36 bits per heavy atom. The van der Waals surface area contributed by atoms with E-state index in [9.17, 15) is 23.3 Å². The van der Waals surface area contributed by atoms with Gasteiger partial charge in [-0.1, -0.05) is 6.07 Å². The van der Waals surface area contributed by atoms with Crippen molar-refractivity contribution in [2.24, 2.45) is 11.0 Å². The maximum atomic E-state index is 13.5. The van der Waals surface area contributed by atoms with Crippen LogP contribution in [-0.2, 0) is 14.8 Å². The van der Waals surface area contributed by atoms with E-state index in [0.717, 1.165) is 10.9 Å². The molecule has 1 fully saturated rings. The first-order valence-corrected chi connectivity index (χ1v) is 13.0. The standard InChI is InChI=1S/C21H27N5O5S2/c1-3-24(4-2)21(27)16-7-5-11-25(15-16)33(30,31)20-13-17(26(28)29)9-10-19(20)23-22-14-18-8-6-12-32-18/h6,8-10,12-14,16,23H,3-5,7,11,15H2,1-2H3/b22-14-/t16-/m1/s1. The molecular weight excluding hydrogens is 466 g/mol. The summed E-state index contributed by atoms with van der Waals surface area (Å²) >= 11 is 1.46. The summed E-state index contributed by atoms with van der Waals surface area (Å²) in [5.41, 5.74) is 2.50. The minimum atomic E-state index is -4.11. The van der Waals surface area contributed by atoms with Crippen LogP contribution < -0.4 is 5.43 Å². The monoisotopic (exact) mass is 493 g/mol. The van der Waals surface area contributed by atoms with Crippen molar-refractivity contribution in [2.75, 3.05) is 31.6 Å². The SMILES string of the molecule is CCN(CC)C(=O)[C@@H]1CCCN(S(=O)(=O)c2cc([N+](=O)[O-])ccc2N/N=C\c2cccs2)C1. The quantitative estimate of drug-likeness (QED) is 0.324. The average Bonchev–Trinajstić information content (AvgIpc) is 3.33. The summed E-state index contributed by atoms with van der Waals surface area (Å²) in [5.74, 6) is -0.516. The summed E-state index contributed by atoms with van der Waals surface area (Å²) in [5, 5.41) is 17.3. The van der Waals surface area contributed by atoms with E-state index in [-0.39, 0.29) is 35.3 Å². The number of nitro benzene ring substituents is 1. The Morgan fingerprint density at radius 2 is 2.12 bits per heavy atom. The molecule has 1 aliphatic rings. The number of carbonyl (C=O) groups excluding carboxylic acids is 1. The highest BCUT2D eigenvalue weighted by molar-refractivity contribution is 7.89. The van der Waals surface area contributed by atoms with Crippen LogP contribution in [0.2, 0.25) is 0 Å². The predicted molar refractivity (Wildman–Crippen MR) is 128 cm³/mol. The van der Waals surface area contributed by atoms with E-state index in [2.05, 4.69) is 10.5 Å². The molecule has 3 rings (SSSR count). The number of non-ortho nitro benzene ring substituents is 1. The fourth-order valence-electron chi connectivity index (χ4n) is 3.76. The van der Waals surface area contributed by atoms with Crippen LogP contribution in [0.4, 0.5) is 11.4 Å². The van der Waals surface area contributed by atoms with Crippen molar-refractivity contribution in [3.05, 3.63) is 50.7 Å². The first kappa shape index (κ1) is 24.8. The van der Waals surface area contributed by atoms with Crippen molar-refractivity contribution < 1.29 is 18.1 Å². The maximum absolute atomic E-state index is 13.5. The van der Waals surface area contributed by atoms with Gasteiger partial charge in [0.2, 0.25) is 15.9 Å². The summed E-state index contributed by atoms with van der Waals surface area (Å²) in [7, 11) is -4.11. The average molecular weight is 494 g/mol. The van der Waals surface area contributed by atoms with Crippen molar-refractivity contribution in [1.82, 2.24) is 9.21 Å². The molecule has 0 unspecified atom stereocenters. The normalized spacial score (nSPS) is 17.2. The number of hydrogen-bond donors (Lipinski definition) is 1. The first-order chi connectivity index (χ1) is 15.8. The molecular formula is C21H27N5O5S2. The molecule has 1 aromatic carbocycles. The number of piperidine rings is 1. The number of amides is 1. The second kappa shape index (κ2) is 10.9. The highest BCUT2D eigenvalue weighted by Crippen LogP contribution is 2.32. The molecule has 33 heavy (non-hydrogen) atoms. The van der Waals surface area contributed by atoms with Crippen LogP contribution in [0.1, 0.15) is 31.6 Å². The summed E-state index contributed by atoms with van der Waals surface area (Å²) in [6, 6.07) is 7.31. The van der Waals surface area contributed by atoms with Crippen LogP contribution in [0, 0.1) is 16.0 Å². The van der Waals surface area contributed by atoms with Crippen LogP contribution >= 0.6 is 11.3 Å². The van der Waals surface area contributed by atoms with E-state index >= 15 is 0 Å². The molecule has 0 spiro atoms. The topological polar surface area (TPSA) is 125 Å². The third kappa shape index (κ3) is 5.75. The lowest BCUT2D eigenvalue weighted by atomic mass is 9.98. The van der Waals surface area contributed by atoms with Crippen LogP contribution in [-0.4, -0.2) is 60.8 Å². The Morgan fingerprint density at radius 3 is 2.76 bits per heavy atom. The van der Waals surface area contributed by atoms with E-state index in [4.69, 9.17) is 0 Å². The van der Waals surface area contributed by atoms with Crippen molar-refractivity contribution in [1.29, 1.82) is 0 Å². The number of benzene rings is 1. The fourth-order valence-corrected chi connectivity index (χ4v) is 6.03. The van der Waals surface area contributed by atoms with Gasteiger partial charge in [0.25, 0.3) is 5.69 Å². The number of thiophene rings is 1. The van der Waals surface area contributed by atoms with Gasteiger partial charge < -0.3 is 4.90 Å². The summed E-state index contributed by atoms with van der Waals surface area (Å²) in [4.78, 5) is 25.8. The molecule has 1 saturated heterocycles. The number of rotatable bonds is 9. The highest BCUT2D eigenvalue weighted by Gasteiger charge is 2.36. The Bertz CT molecular complexity index is 1110. The van der Waals surface area contributed by atoms with Crippen LogP contribution in [0.25, 0.3) is 0 Å². The number of sulfonamides is 1. The number of hydrazone groups is 1. The van der Waals surface area contributed by atoms with Gasteiger partial charge in [-0.2, -0.15) is 9.41 Å². The smallest absolute Gasteiger partial charge is 0.270 e. The van der Waals surface area contributed by atoms with Crippen molar-refractivity contribution >= 4 is 44.9 Å². The molecule has 10 nitrogen and oxygen atoms in total. The fraction of sp³-hybridized carbons (Fsp3) is 0.429. The lowest BCUT2D eigenvalue weighted by Gasteiger charge is -2.34. The van der Waals surface area contributed by atoms with Gasteiger partial charge in [-0.3, -0.25) is 20.3 Å². The van der Waals surface area contributed by atoms with Gasteiger partial charge in [-0.05, 0) is 44.2 Å². The lowest BCUT2D eigenvalue weighted by Crippen LogP contribution is -2.46. The van der Waals surface area contributed by atoms with Crippen LogP contribution in [0.15, 0.2) is 45.7 Å². The zero-order valence-electron chi connectivity index (χ0n) is 18.5. The molecule has 0 radical (unpaired) electrons. The molecule has 2 heterocycles. The highest BCUT2D eigenvalue weighted by atomic mass is 32.2. The van der Waals surface area contributed by atoms with Gasteiger partial charge in [-0.25, -0.2) is 8.42 Å².